The van der Waals surface area contributed by atoms with Crippen LogP contribution in [-0.2, 0) is 15.8 Å². The molecule has 2 aromatic carbocycles. The highest BCUT2D eigenvalue weighted by Crippen LogP contribution is 2.16. The van der Waals surface area contributed by atoms with E-state index in [1.807, 2.05) is 24.3 Å². The smallest absolute Gasteiger partial charge is 0.251 e. The van der Waals surface area contributed by atoms with Gasteiger partial charge in [-0.3, -0.25) is 4.79 Å². The normalized spacial score (nSPS) is 11.5. The molecule has 0 spiro atoms. The van der Waals surface area contributed by atoms with E-state index in [0.29, 0.717) is 12.1 Å². The summed E-state index contributed by atoms with van der Waals surface area (Å²) in [7, 11) is -0.543. The quantitative estimate of drug-likeness (QED) is 0.676. The Labute approximate surface area is 163 Å². The third-order valence-electron chi connectivity index (χ3n) is 3.61. The third kappa shape index (κ3) is 5.74. The van der Waals surface area contributed by atoms with Crippen molar-refractivity contribution in [1.29, 1.82) is 0 Å². The van der Waals surface area contributed by atoms with Gasteiger partial charge in [0, 0.05) is 42.7 Å². The maximum absolute atomic E-state index is 12.1. The summed E-state index contributed by atoms with van der Waals surface area (Å²) >= 11 is 7.56. The van der Waals surface area contributed by atoms with E-state index in [-0.39, 0.29) is 10.8 Å². The summed E-state index contributed by atoms with van der Waals surface area (Å²) in [5, 5.41) is 3.55. The minimum absolute atomic E-state index is 0.164. The highest BCUT2D eigenvalue weighted by atomic mass is 35.5. The molecule has 0 aliphatic rings. The van der Waals surface area contributed by atoms with E-state index < -0.39 is 10.0 Å². The van der Waals surface area contributed by atoms with Gasteiger partial charge in [-0.25, -0.2) is 12.7 Å². The molecule has 0 atom stereocenters. The highest BCUT2D eigenvalue weighted by molar-refractivity contribution is 7.98. The largest absolute Gasteiger partial charge is 0.351 e. The maximum Gasteiger partial charge on any atom is 0.251 e. The Morgan fingerprint density at radius 1 is 1.08 bits per heavy atom. The number of rotatable bonds is 8. The molecule has 8 heteroatoms. The Morgan fingerprint density at radius 3 is 2.27 bits per heavy atom. The van der Waals surface area contributed by atoms with Gasteiger partial charge >= 0.3 is 0 Å². The summed E-state index contributed by atoms with van der Waals surface area (Å²) < 4.78 is 25.2. The molecule has 0 saturated carbocycles. The first-order valence-electron chi connectivity index (χ1n) is 7.93. The van der Waals surface area contributed by atoms with Gasteiger partial charge in [-0.15, -0.1) is 0 Å². The number of carbonyl (C=O) groups is 1. The maximum atomic E-state index is 12.1. The second-order valence-electron chi connectivity index (χ2n) is 5.75. The third-order valence-corrected chi connectivity index (χ3v) is 6.72. The summed E-state index contributed by atoms with van der Waals surface area (Å²) in [4.78, 5) is 12.3. The van der Waals surface area contributed by atoms with E-state index in [0.717, 1.165) is 20.8 Å². The van der Waals surface area contributed by atoms with Crippen LogP contribution in [0.5, 0.6) is 0 Å². The lowest BCUT2D eigenvalue weighted by molar-refractivity contribution is 0.0956. The number of sulfonamides is 1. The van der Waals surface area contributed by atoms with Crippen LogP contribution in [0, 0.1) is 0 Å². The van der Waals surface area contributed by atoms with Crippen LogP contribution in [0.3, 0.4) is 0 Å². The molecule has 0 heterocycles. The Hall–Kier alpha value is -1.54. The van der Waals surface area contributed by atoms with Crippen LogP contribution in [0.1, 0.15) is 15.9 Å². The first-order valence-corrected chi connectivity index (χ1v) is 10.9. The van der Waals surface area contributed by atoms with Crippen molar-refractivity contribution in [2.45, 2.75) is 10.6 Å². The molecule has 0 bridgehead atoms. The zero-order valence-electron chi connectivity index (χ0n) is 14.6. The number of benzene rings is 2. The van der Waals surface area contributed by atoms with Gasteiger partial charge in [0.15, 0.2) is 0 Å². The minimum atomic E-state index is -3.48. The van der Waals surface area contributed by atoms with Gasteiger partial charge in [-0.05, 0) is 42.0 Å². The van der Waals surface area contributed by atoms with Crippen LogP contribution in [0.25, 0.3) is 0 Å². The summed E-state index contributed by atoms with van der Waals surface area (Å²) in [6.07, 6.45) is 0. The van der Waals surface area contributed by atoms with E-state index in [9.17, 15) is 13.2 Å². The molecular formula is C18H21ClN2O3S2. The van der Waals surface area contributed by atoms with Crippen molar-refractivity contribution in [2.75, 3.05) is 26.4 Å². The first-order chi connectivity index (χ1) is 12.3. The van der Waals surface area contributed by atoms with Crippen LogP contribution in [-0.4, -0.2) is 45.0 Å². The molecule has 26 heavy (non-hydrogen) atoms. The van der Waals surface area contributed by atoms with Gasteiger partial charge in [-0.2, -0.15) is 11.8 Å². The van der Waals surface area contributed by atoms with E-state index in [2.05, 4.69) is 5.32 Å². The van der Waals surface area contributed by atoms with E-state index in [1.54, 1.807) is 11.8 Å². The van der Waals surface area contributed by atoms with E-state index in [4.69, 9.17) is 11.6 Å². The van der Waals surface area contributed by atoms with E-state index in [1.165, 1.54) is 43.9 Å². The second kappa shape index (κ2) is 9.41. The highest BCUT2D eigenvalue weighted by Gasteiger charge is 2.17. The molecule has 0 unspecified atom stereocenters. The SMILES string of the molecule is CN(C)S(=O)(=O)c1ccc(C(=O)NCCSCc2ccc(Cl)cc2)cc1. The van der Waals surface area contributed by atoms with Crippen molar-refractivity contribution in [3.63, 3.8) is 0 Å². The van der Waals surface area contributed by atoms with Gasteiger partial charge in [0.2, 0.25) is 10.0 Å². The Morgan fingerprint density at radius 2 is 1.69 bits per heavy atom. The number of nitrogens with one attached hydrogen (secondary N) is 1. The predicted molar refractivity (Wildman–Crippen MR) is 107 cm³/mol. The van der Waals surface area contributed by atoms with Gasteiger partial charge in [-0.1, -0.05) is 23.7 Å². The monoisotopic (exact) mass is 412 g/mol. The minimum Gasteiger partial charge on any atom is -0.351 e. The van der Waals surface area contributed by atoms with Crippen LogP contribution >= 0.6 is 23.4 Å². The molecule has 1 amide bonds. The molecule has 1 N–H and O–H groups in total. The van der Waals surface area contributed by atoms with Crippen molar-refractivity contribution in [3.05, 3.63) is 64.7 Å². The average molecular weight is 413 g/mol. The number of hydrogen-bond acceptors (Lipinski definition) is 4. The average Bonchev–Trinajstić information content (AvgIpc) is 2.62. The van der Waals surface area contributed by atoms with Gasteiger partial charge < -0.3 is 5.32 Å². The lowest BCUT2D eigenvalue weighted by Gasteiger charge is -2.11. The van der Waals surface area contributed by atoms with Crippen molar-refractivity contribution >= 4 is 39.3 Å². The molecule has 0 aliphatic carbocycles. The Kier molecular flexibility index (Phi) is 7.52. The lowest BCUT2D eigenvalue weighted by atomic mass is 10.2. The molecule has 0 aromatic heterocycles. The zero-order valence-corrected chi connectivity index (χ0v) is 17.0. The van der Waals surface area contributed by atoms with Crippen molar-refractivity contribution in [3.8, 4) is 0 Å². The topological polar surface area (TPSA) is 66.5 Å². The molecule has 5 nitrogen and oxygen atoms in total. The number of thioether (sulfide) groups is 1. The van der Waals surface area contributed by atoms with E-state index >= 15 is 0 Å². The number of hydrogen-bond donors (Lipinski definition) is 1. The number of halogens is 1. The molecule has 0 fully saturated rings. The Bertz CT molecular complexity index is 836. The second-order valence-corrected chi connectivity index (χ2v) is 9.44. The predicted octanol–water partition coefficient (Wildman–Crippen LogP) is 3.25. The number of carbonyl (C=O) groups excluding carboxylic acids is 1. The van der Waals surface area contributed by atoms with Gasteiger partial charge in [0.1, 0.15) is 0 Å². The fourth-order valence-corrected chi connectivity index (χ4v) is 3.95. The molecule has 2 aromatic rings. The molecule has 2 rings (SSSR count). The molecule has 0 saturated heterocycles. The lowest BCUT2D eigenvalue weighted by Crippen LogP contribution is -2.26. The fraction of sp³-hybridized carbons (Fsp3) is 0.278. The molecule has 140 valence electrons. The molecular weight excluding hydrogens is 392 g/mol. The van der Waals surface area contributed by atoms with Crippen molar-refractivity contribution < 1.29 is 13.2 Å². The number of nitrogens with zero attached hydrogens (tertiary/aromatic N) is 1. The van der Waals surface area contributed by atoms with Crippen LogP contribution in [0.15, 0.2) is 53.4 Å². The van der Waals surface area contributed by atoms with Crippen molar-refractivity contribution in [1.82, 2.24) is 9.62 Å². The van der Waals surface area contributed by atoms with Crippen molar-refractivity contribution in [2.24, 2.45) is 0 Å². The van der Waals surface area contributed by atoms with Gasteiger partial charge in [0.25, 0.3) is 5.91 Å². The van der Waals surface area contributed by atoms with Crippen LogP contribution < -0.4 is 5.32 Å². The molecule has 0 aliphatic heterocycles. The Balaban J connectivity index is 1.78. The standard InChI is InChI=1S/C18H21ClN2O3S2/c1-21(2)26(23,24)17-9-5-15(6-10-17)18(22)20-11-12-25-13-14-3-7-16(19)8-4-14/h3-10H,11-13H2,1-2H3,(H,20,22). The van der Waals surface area contributed by atoms with Crippen LogP contribution in [0.2, 0.25) is 5.02 Å². The zero-order chi connectivity index (χ0) is 19.2. The summed E-state index contributed by atoms with van der Waals surface area (Å²) in [5.41, 5.74) is 1.62. The fourth-order valence-electron chi connectivity index (χ4n) is 2.10. The summed E-state index contributed by atoms with van der Waals surface area (Å²) in [6.45, 7) is 0.537. The number of amides is 1. The van der Waals surface area contributed by atoms with Gasteiger partial charge in [0.05, 0.1) is 4.90 Å². The first kappa shape index (κ1) is 20.8. The summed E-state index contributed by atoms with van der Waals surface area (Å²) in [6, 6.07) is 13.6. The summed E-state index contributed by atoms with van der Waals surface area (Å²) in [5.74, 6) is 1.41. The van der Waals surface area contributed by atoms with Crippen LogP contribution in [0.4, 0.5) is 0 Å². The molecule has 0 radical (unpaired) electrons.